The first-order valence-electron chi connectivity index (χ1n) is 7.06. The molecule has 0 aliphatic carbocycles. The third-order valence-corrected chi connectivity index (χ3v) is 3.58. The van der Waals surface area contributed by atoms with E-state index in [4.69, 9.17) is 0 Å². The van der Waals surface area contributed by atoms with Gasteiger partial charge in [-0.05, 0) is 31.0 Å². The minimum Gasteiger partial charge on any atom is -0.352 e. The number of hydrogen-bond donors (Lipinski definition) is 2. The SMILES string of the molecule is CC(Cc1ccccc1F)C(=O)NCC1=CCNCC1. The maximum atomic E-state index is 13.5. The van der Waals surface area contributed by atoms with Gasteiger partial charge in [0.1, 0.15) is 5.82 Å². The van der Waals surface area contributed by atoms with Gasteiger partial charge in [0, 0.05) is 19.0 Å². The van der Waals surface area contributed by atoms with Crippen molar-refractivity contribution in [2.24, 2.45) is 5.92 Å². The fourth-order valence-corrected chi connectivity index (χ4v) is 2.29. The van der Waals surface area contributed by atoms with Crippen LogP contribution in [0.3, 0.4) is 0 Å². The number of carbonyl (C=O) groups excluding carboxylic acids is 1. The molecule has 1 aliphatic heterocycles. The summed E-state index contributed by atoms with van der Waals surface area (Å²) < 4.78 is 13.5. The van der Waals surface area contributed by atoms with Crippen LogP contribution in [-0.4, -0.2) is 25.5 Å². The number of nitrogens with one attached hydrogen (secondary N) is 2. The molecule has 1 atom stereocenters. The number of hydrogen-bond acceptors (Lipinski definition) is 2. The summed E-state index contributed by atoms with van der Waals surface area (Å²) in [5.74, 6) is -0.491. The maximum Gasteiger partial charge on any atom is 0.223 e. The van der Waals surface area contributed by atoms with Gasteiger partial charge in [0.25, 0.3) is 0 Å². The smallest absolute Gasteiger partial charge is 0.223 e. The topological polar surface area (TPSA) is 41.1 Å². The molecule has 20 heavy (non-hydrogen) atoms. The molecule has 1 aliphatic rings. The monoisotopic (exact) mass is 276 g/mol. The van der Waals surface area contributed by atoms with Crippen LogP contribution in [0.5, 0.6) is 0 Å². The van der Waals surface area contributed by atoms with Gasteiger partial charge in [0.15, 0.2) is 0 Å². The Morgan fingerprint density at radius 3 is 2.95 bits per heavy atom. The van der Waals surface area contributed by atoms with Gasteiger partial charge in [-0.1, -0.05) is 36.8 Å². The number of amides is 1. The zero-order valence-corrected chi connectivity index (χ0v) is 11.8. The molecule has 0 radical (unpaired) electrons. The molecule has 0 aromatic heterocycles. The molecule has 2 rings (SSSR count). The van der Waals surface area contributed by atoms with Crippen LogP contribution in [0.15, 0.2) is 35.9 Å². The highest BCUT2D eigenvalue weighted by Crippen LogP contribution is 2.13. The highest BCUT2D eigenvalue weighted by molar-refractivity contribution is 5.78. The summed E-state index contributed by atoms with van der Waals surface area (Å²) in [4.78, 5) is 12.0. The Balaban J connectivity index is 1.83. The third kappa shape index (κ3) is 4.17. The fraction of sp³-hybridized carbons (Fsp3) is 0.438. The molecule has 0 spiro atoms. The number of benzene rings is 1. The van der Waals surface area contributed by atoms with Gasteiger partial charge in [0.2, 0.25) is 5.91 Å². The summed E-state index contributed by atoms with van der Waals surface area (Å²) >= 11 is 0. The summed E-state index contributed by atoms with van der Waals surface area (Å²) in [7, 11) is 0. The van der Waals surface area contributed by atoms with Crippen LogP contribution in [0.25, 0.3) is 0 Å². The second-order valence-electron chi connectivity index (χ2n) is 5.23. The van der Waals surface area contributed by atoms with E-state index in [1.165, 1.54) is 11.6 Å². The van der Waals surface area contributed by atoms with Gasteiger partial charge < -0.3 is 10.6 Å². The van der Waals surface area contributed by atoms with Crippen molar-refractivity contribution in [1.82, 2.24) is 10.6 Å². The molecule has 1 unspecified atom stereocenters. The largest absolute Gasteiger partial charge is 0.352 e. The van der Waals surface area contributed by atoms with Crippen LogP contribution in [0, 0.1) is 11.7 Å². The second-order valence-corrected chi connectivity index (χ2v) is 5.23. The highest BCUT2D eigenvalue weighted by atomic mass is 19.1. The molecule has 4 heteroatoms. The average Bonchev–Trinajstić information content (AvgIpc) is 2.48. The molecule has 2 N–H and O–H groups in total. The van der Waals surface area contributed by atoms with Crippen LogP contribution >= 0.6 is 0 Å². The first-order chi connectivity index (χ1) is 9.66. The van der Waals surface area contributed by atoms with Gasteiger partial charge in [0.05, 0.1) is 0 Å². The Hall–Kier alpha value is -1.68. The fourth-order valence-electron chi connectivity index (χ4n) is 2.29. The molecule has 1 aromatic carbocycles. The summed E-state index contributed by atoms with van der Waals surface area (Å²) in [6.07, 6.45) is 3.52. The number of rotatable bonds is 5. The van der Waals surface area contributed by atoms with Gasteiger partial charge in [-0.3, -0.25) is 4.79 Å². The molecule has 0 saturated carbocycles. The Bertz CT molecular complexity index is 499. The number of carbonyl (C=O) groups is 1. The Morgan fingerprint density at radius 2 is 2.25 bits per heavy atom. The van der Waals surface area contributed by atoms with Gasteiger partial charge in [-0.2, -0.15) is 0 Å². The van der Waals surface area contributed by atoms with Crippen LogP contribution in [0.1, 0.15) is 18.9 Å². The Morgan fingerprint density at radius 1 is 1.45 bits per heavy atom. The first kappa shape index (κ1) is 14.7. The minimum absolute atomic E-state index is 0.0207. The molecule has 1 aromatic rings. The summed E-state index contributed by atoms with van der Waals surface area (Å²) in [5, 5.41) is 6.17. The lowest BCUT2D eigenvalue weighted by molar-refractivity contribution is -0.124. The lowest BCUT2D eigenvalue weighted by Gasteiger charge is -2.17. The average molecular weight is 276 g/mol. The zero-order chi connectivity index (χ0) is 14.4. The molecule has 1 heterocycles. The molecule has 1 amide bonds. The van der Waals surface area contributed by atoms with Gasteiger partial charge in [-0.25, -0.2) is 4.39 Å². The predicted molar refractivity (Wildman–Crippen MR) is 77.8 cm³/mol. The minimum atomic E-state index is -0.242. The van der Waals surface area contributed by atoms with E-state index in [-0.39, 0.29) is 17.6 Å². The normalized spacial score (nSPS) is 16.4. The van der Waals surface area contributed by atoms with Gasteiger partial charge >= 0.3 is 0 Å². The second kappa shape index (κ2) is 7.20. The Labute approximate surface area is 119 Å². The van der Waals surface area contributed by atoms with Crippen LogP contribution in [0.2, 0.25) is 0 Å². The van der Waals surface area contributed by atoms with E-state index >= 15 is 0 Å². The van der Waals surface area contributed by atoms with E-state index in [0.29, 0.717) is 18.5 Å². The molecule has 0 fully saturated rings. The standard InChI is InChI=1S/C16H21FN2O/c1-12(10-14-4-2-3-5-15(14)17)16(20)19-11-13-6-8-18-9-7-13/h2-6,12,18H,7-11H2,1H3,(H,19,20). The molecule has 108 valence electrons. The van der Waals surface area contributed by atoms with Crippen molar-refractivity contribution in [3.8, 4) is 0 Å². The first-order valence-corrected chi connectivity index (χ1v) is 7.06. The van der Waals surface area contributed by atoms with Crippen LogP contribution < -0.4 is 10.6 Å². The summed E-state index contributed by atoms with van der Waals surface area (Å²) in [6, 6.07) is 6.62. The molecule has 0 saturated heterocycles. The molecular weight excluding hydrogens is 255 g/mol. The van der Waals surface area contributed by atoms with Crippen molar-refractivity contribution in [2.45, 2.75) is 19.8 Å². The van der Waals surface area contributed by atoms with Crippen molar-refractivity contribution in [3.63, 3.8) is 0 Å². The van der Waals surface area contributed by atoms with E-state index in [1.807, 2.05) is 6.92 Å². The van der Waals surface area contributed by atoms with Crippen molar-refractivity contribution < 1.29 is 9.18 Å². The van der Waals surface area contributed by atoms with Crippen molar-refractivity contribution in [1.29, 1.82) is 0 Å². The summed E-state index contributed by atoms with van der Waals surface area (Å²) in [6.45, 7) is 4.27. The maximum absolute atomic E-state index is 13.5. The molecule has 0 bridgehead atoms. The predicted octanol–water partition coefficient (Wildman–Crippen LogP) is 2.04. The van der Waals surface area contributed by atoms with E-state index < -0.39 is 0 Å². The van der Waals surface area contributed by atoms with E-state index in [0.717, 1.165) is 19.5 Å². The quantitative estimate of drug-likeness (QED) is 0.808. The van der Waals surface area contributed by atoms with Crippen molar-refractivity contribution in [2.75, 3.05) is 19.6 Å². The summed E-state index contributed by atoms with van der Waals surface area (Å²) in [5.41, 5.74) is 1.85. The van der Waals surface area contributed by atoms with Gasteiger partial charge in [-0.15, -0.1) is 0 Å². The van der Waals surface area contributed by atoms with E-state index in [2.05, 4.69) is 16.7 Å². The van der Waals surface area contributed by atoms with E-state index in [9.17, 15) is 9.18 Å². The highest BCUT2D eigenvalue weighted by Gasteiger charge is 2.15. The Kier molecular flexibility index (Phi) is 5.30. The lowest BCUT2D eigenvalue weighted by atomic mass is 9.99. The van der Waals surface area contributed by atoms with Crippen LogP contribution in [-0.2, 0) is 11.2 Å². The molecular formula is C16H21FN2O. The van der Waals surface area contributed by atoms with Crippen molar-refractivity contribution in [3.05, 3.63) is 47.3 Å². The third-order valence-electron chi connectivity index (χ3n) is 3.58. The lowest BCUT2D eigenvalue weighted by Crippen LogP contribution is -2.33. The van der Waals surface area contributed by atoms with Crippen LogP contribution in [0.4, 0.5) is 4.39 Å². The zero-order valence-electron chi connectivity index (χ0n) is 11.8. The molecule has 3 nitrogen and oxygen atoms in total. The van der Waals surface area contributed by atoms with E-state index in [1.54, 1.807) is 18.2 Å². The van der Waals surface area contributed by atoms with Crippen molar-refractivity contribution >= 4 is 5.91 Å². The number of halogens is 1.